The zero-order chi connectivity index (χ0) is 37.6. The van der Waals surface area contributed by atoms with Crippen LogP contribution in [0.25, 0.3) is 11.1 Å². The van der Waals surface area contributed by atoms with Crippen LogP contribution in [0, 0.1) is 5.92 Å². The average Bonchev–Trinajstić information content (AvgIpc) is 4.01. The number of hydrogen-bond donors (Lipinski definition) is 3. The molecule has 1 saturated heterocycles. The molecule has 1 aromatic heterocycles. The molecule has 3 aromatic rings. The van der Waals surface area contributed by atoms with Crippen molar-refractivity contribution < 1.29 is 32.4 Å². The minimum atomic E-state index is -3.88. The topological polar surface area (TPSA) is 181 Å². The van der Waals surface area contributed by atoms with E-state index < -0.39 is 68.5 Å². The van der Waals surface area contributed by atoms with Crippen molar-refractivity contribution >= 4 is 39.4 Å². The third-order valence-electron chi connectivity index (χ3n) is 11.1. The van der Waals surface area contributed by atoms with Crippen LogP contribution >= 0.6 is 0 Å². The Labute approximate surface area is 313 Å². The molecule has 3 fully saturated rings. The van der Waals surface area contributed by atoms with Gasteiger partial charge in [0, 0.05) is 30.5 Å². The number of aromatic nitrogens is 2. The number of nitrogens with zero attached hydrogens (tertiary/aromatic N) is 4. The van der Waals surface area contributed by atoms with E-state index in [4.69, 9.17) is 4.84 Å². The van der Waals surface area contributed by atoms with Crippen LogP contribution in [0.15, 0.2) is 78.4 Å². The number of benzene rings is 2. The van der Waals surface area contributed by atoms with Crippen molar-refractivity contribution in [3.8, 4) is 11.1 Å². The fraction of sp³-hybridized carbons (Fsp3) is 0.436. The van der Waals surface area contributed by atoms with Crippen molar-refractivity contribution in [1.29, 1.82) is 0 Å². The second kappa shape index (κ2) is 14.2. The van der Waals surface area contributed by atoms with Gasteiger partial charge in [-0.2, -0.15) is 0 Å². The van der Waals surface area contributed by atoms with Gasteiger partial charge in [-0.3, -0.25) is 23.9 Å². The number of oxime groups is 1. The zero-order valence-corrected chi connectivity index (χ0v) is 30.8. The van der Waals surface area contributed by atoms with E-state index in [-0.39, 0.29) is 25.1 Å². The summed E-state index contributed by atoms with van der Waals surface area (Å²) in [7, 11) is -2.20. The Morgan fingerprint density at radius 2 is 1.69 bits per heavy atom. The van der Waals surface area contributed by atoms with Gasteiger partial charge in [0.25, 0.3) is 11.8 Å². The molecular weight excluding hydrogens is 711 g/mol. The predicted octanol–water partition coefficient (Wildman–Crippen LogP) is 2.94. The van der Waals surface area contributed by atoms with Crippen LogP contribution in [0.3, 0.4) is 0 Å². The van der Waals surface area contributed by atoms with Crippen molar-refractivity contribution in [1.82, 2.24) is 29.8 Å². The molecule has 282 valence electrons. The van der Waals surface area contributed by atoms with Crippen LogP contribution in [-0.2, 0) is 36.3 Å². The van der Waals surface area contributed by atoms with E-state index in [9.17, 15) is 27.6 Å². The standard InChI is InChI=1S/C39H43N7O7S/c1-45-23-40-21-33(45)35(47)41-31-16-6-4-2-3-5-11-24-20-39(24,38(50)44-54(51,52)26-17-18-26)42-36(48)32-19-25(22-46(32)37(31)49)53-43-34-29-14-9-7-12-27(29)28-13-8-10-15-30(28)34/h5,7-15,21,23-26,31-32H,2-4,6,16-20,22H2,1H3,(H,41,47)(H,42,48)(H,44,50)/b11-5-/t24?,25-,31+,32+,39?/m1/s1. The SMILES string of the molecule is Cn1cncc1C(=O)N[C@H]1CCCCC/C=C\C2CC2(C(=O)NS(=O)(=O)C2CC2)NC(=O)[C@@H]2C[C@@H](ON=C3c4ccccc4-c4ccccc43)CN2C1=O. The van der Waals surface area contributed by atoms with Crippen LogP contribution in [-0.4, -0.2) is 87.7 Å². The number of rotatable bonds is 7. The Morgan fingerprint density at radius 1 is 0.981 bits per heavy atom. The molecule has 0 spiro atoms. The number of aryl methyl sites for hydroxylation is 1. The number of sulfonamides is 1. The largest absolute Gasteiger partial charge is 0.390 e. The lowest BCUT2D eigenvalue weighted by molar-refractivity contribution is -0.141. The third kappa shape index (κ3) is 6.80. The molecule has 14 nitrogen and oxygen atoms in total. The minimum absolute atomic E-state index is 0.00629. The molecule has 2 aromatic carbocycles. The molecule has 2 saturated carbocycles. The van der Waals surface area contributed by atoms with E-state index in [2.05, 4.69) is 25.5 Å². The first kappa shape index (κ1) is 35.7. The Bertz CT molecular complexity index is 2130. The lowest BCUT2D eigenvalue weighted by Crippen LogP contribution is -2.58. The maximum Gasteiger partial charge on any atom is 0.270 e. The molecule has 8 rings (SSSR count). The van der Waals surface area contributed by atoms with E-state index in [1.807, 2.05) is 60.7 Å². The first-order chi connectivity index (χ1) is 26.1. The maximum absolute atomic E-state index is 14.6. The summed E-state index contributed by atoms with van der Waals surface area (Å²) in [4.78, 5) is 67.7. The highest BCUT2D eigenvalue weighted by molar-refractivity contribution is 7.91. The van der Waals surface area contributed by atoms with E-state index >= 15 is 0 Å². The van der Waals surface area contributed by atoms with Crippen LogP contribution in [0.5, 0.6) is 0 Å². The van der Waals surface area contributed by atoms with Gasteiger partial charge in [0.1, 0.15) is 35.1 Å². The molecule has 54 heavy (non-hydrogen) atoms. The molecule has 15 heteroatoms. The molecule has 0 bridgehead atoms. The monoisotopic (exact) mass is 753 g/mol. The number of amides is 4. The number of imidazole rings is 1. The van der Waals surface area contributed by atoms with Gasteiger partial charge in [0.15, 0.2) is 0 Å². The summed E-state index contributed by atoms with van der Waals surface area (Å²) in [6, 6.07) is 13.7. The number of allylic oxidation sites excluding steroid dienone is 1. The zero-order valence-electron chi connectivity index (χ0n) is 29.9. The Hall–Kier alpha value is -5.31. The van der Waals surface area contributed by atoms with Gasteiger partial charge in [0.2, 0.25) is 21.8 Å². The fourth-order valence-electron chi connectivity index (χ4n) is 7.87. The summed E-state index contributed by atoms with van der Waals surface area (Å²) in [5.74, 6) is -2.74. The normalized spacial score (nSPS) is 27.2. The summed E-state index contributed by atoms with van der Waals surface area (Å²) < 4.78 is 29.5. The number of fused-ring (bicyclic) bond motifs is 5. The molecule has 2 aliphatic heterocycles. The Balaban J connectivity index is 1.10. The quantitative estimate of drug-likeness (QED) is 0.190. The highest BCUT2D eigenvalue weighted by Crippen LogP contribution is 2.46. The molecular formula is C39H43N7O7S. The molecule has 2 unspecified atom stereocenters. The highest BCUT2D eigenvalue weighted by atomic mass is 32.2. The highest BCUT2D eigenvalue weighted by Gasteiger charge is 2.62. The van der Waals surface area contributed by atoms with Crippen LogP contribution < -0.4 is 15.4 Å². The number of hydrogen-bond acceptors (Lipinski definition) is 9. The average molecular weight is 754 g/mol. The summed E-state index contributed by atoms with van der Waals surface area (Å²) in [6.45, 7) is -0.00629. The first-order valence-electron chi connectivity index (χ1n) is 18.6. The van der Waals surface area contributed by atoms with Gasteiger partial charge in [-0.05, 0) is 49.7 Å². The van der Waals surface area contributed by atoms with Crippen molar-refractivity contribution in [2.45, 2.75) is 86.8 Å². The van der Waals surface area contributed by atoms with Gasteiger partial charge in [-0.15, -0.1) is 0 Å². The lowest BCUT2D eigenvalue weighted by Gasteiger charge is -2.29. The summed E-state index contributed by atoms with van der Waals surface area (Å²) in [6.07, 6.45) is 10.5. The summed E-state index contributed by atoms with van der Waals surface area (Å²) in [5, 5.41) is 9.77. The molecule has 3 N–H and O–H groups in total. The fourth-order valence-corrected chi connectivity index (χ4v) is 9.23. The van der Waals surface area contributed by atoms with E-state index in [0.29, 0.717) is 37.8 Å². The van der Waals surface area contributed by atoms with Gasteiger partial charge < -0.3 is 24.9 Å². The summed E-state index contributed by atoms with van der Waals surface area (Å²) >= 11 is 0. The van der Waals surface area contributed by atoms with Crippen molar-refractivity contribution in [2.24, 2.45) is 18.1 Å². The van der Waals surface area contributed by atoms with Gasteiger partial charge in [-0.25, -0.2) is 13.4 Å². The molecule has 5 atom stereocenters. The van der Waals surface area contributed by atoms with Crippen molar-refractivity contribution in [3.05, 3.63) is 90.0 Å². The number of carbonyl (C=O) groups is 4. The molecule has 4 amide bonds. The molecule has 3 aliphatic carbocycles. The minimum Gasteiger partial charge on any atom is -0.390 e. The van der Waals surface area contributed by atoms with Crippen molar-refractivity contribution in [3.63, 3.8) is 0 Å². The second-order valence-corrected chi connectivity index (χ2v) is 16.9. The van der Waals surface area contributed by atoms with Crippen LogP contribution in [0.1, 0.15) is 79.4 Å². The van der Waals surface area contributed by atoms with Crippen LogP contribution in [0.4, 0.5) is 0 Å². The van der Waals surface area contributed by atoms with Crippen molar-refractivity contribution in [2.75, 3.05) is 6.54 Å². The van der Waals surface area contributed by atoms with Crippen LogP contribution in [0.2, 0.25) is 0 Å². The van der Waals surface area contributed by atoms with Gasteiger partial charge in [0.05, 0.1) is 24.3 Å². The lowest BCUT2D eigenvalue weighted by atomic mass is 10.0. The smallest absolute Gasteiger partial charge is 0.270 e. The summed E-state index contributed by atoms with van der Waals surface area (Å²) in [5.41, 5.74) is 3.28. The van der Waals surface area contributed by atoms with E-state index in [1.54, 1.807) is 11.6 Å². The second-order valence-electron chi connectivity index (χ2n) is 14.9. The first-order valence-corrected chi connectivity index (χ1v) is 20.2. The molecule has 5 aliphatic rings. The molecule has 3 heterocycles. The van der Waals surface area contributed by atoms with Gasteiger partial charge >= 0.3 is 0 Å². The Kier molecular flexibility index (Phi) is 9.36. The van der Waals surface area contributed by atoms with E-state index in [0.717, 1.165) is 35.1 Å². The maximum atomic E-state index is 14.6. The predicted molar refractivity (Wildman–Crippen MR) is 198 cm³/mol. The Morgan fingerprint density at radius 3 is 2.35 bits per heavy atom. The number of carbonyl (C=O) groups excluding carboxylic acids is 4. The van der Waals surface area contributed by atoms with Gasteiger partial charge in [-0.1, -0.05) is 78.7 Å². The van der Waals surface area contributed by atoms with E-state index in [1.165, 1.54) is 17.4 Å². The third-order valence-corrected chi connectivity index (χ3v) is 13.0. The number of nitrogens with one attached hydrogen (secondary N) is 3. The molecule has 0 radical (unpaired) electrons.